The predicted molar refractivity (Wildman–Crippen MR) is 109 cm³/mol. The van der Waals surface area contributed by atoms with E-state index in [4.69, 9.17) is 4.74 Å². The molecule has 5 nitrogen and oxygen atoms in total. The van der Waals surface area contributed by atoms with Crippen molar-refractivity contribution in [3.05, 3.63) is 29.8 Å². The van der Waals surface area contributed by atoms with E-state index in [1.807, 2.05) is 17.0 Å². The van der Waals surface area contributed by atoms with Crippen LogP contribution in [0.15, 0.2) is 24.3 Å². The third-order valence-corrected chi connectivity index (χ3v) is 8.28. The first kappa shape index (κ1) is 19.0. The molecule has 5 aliphatic rings. The van der Waals surface area contributed by atoms with Gasteiger partial charge in [-0.05, 0) is 86.3 Å². The van der Waals surface area contributed by atoms with Crippen molar-refractivity contribution in [2.24, 2.45) is 23.2 Å². The molecule has 5 fully saturated rings. The molecule has 1 amide bonds. The number of benzene rings is 1. The monoisotopic (exact) mass is 397 g/mol. The topological polar surface area (TPSA) is 66.8 Å². The SMILES string of the molecule is COc1ccc(C23CC4CC(CC(C(=O)N5CCC[C@H](C(=O)O)C5)(C4)C2)C3)cc1. The number of hydrogen-bond acceptors (Lipinski definition) is 3. The summed E-state index contributed by atoms with van der Waals surface area (Å²) in [6.45, 7) is 1.11. The fourth-order valence-electron chi connectivity index (χ4n) is 7.49. The molecule has 2 unspecified atom stereocenters. The van der Waals surface area contributed by atoms with Gasteiger partial charge >= 0.3 is 5.97 Å². The van der Waals surface area contributed by atoms with E-state index < -0.39 is 11.9 Å². The lowest BCUT2D eigenvalue weighted by atomic mass is 9.42. The van der Waals surface area contributed by atoms with Gasteiger partial charge in [-0.3, -0.25) is 9.59 Å². The van der Waals surface area contributed by atoms with Crippen LogP contribution in [-0.4, -0.2) is 42.1 Å². The molecule has 1 aromatic carbocycles. The molecule has 3 atom stereocenters. The second kappa shape index (κ2) is 6.75. The van der Waals surface area contributed by atoms with Gasteiger partial charge in [0.1, 0.15) is 5.75 Å². The van der Waals surface area contributed by atoms with Crippen molar-refractivity contribution in [2.45, 2.75) is 56.8 Å². The predicted octanol–water partition coefficient (Wildman–Crippen LogP) is 3.86. The molecule has 156 valence electrons. The van der Waals surface area contributed by atoms with Crippen LogP contribution in [0.4, 0.5) is 0 Å². The van der Waals surface area contributed by atoms with Gasteiger partial charge < -0.3 is 14.7 Å². The Morgan fingerprint density at radius 1 is 1.10 bits per heavy atom. The van der Waals surface area contributed by atoms with E-state index in [2.05, 4.69) is 12.1 Å². The number of carboxylic acid groups (broad SMARTS) is 1. The quantitative estimate of drug-likeness (QED) is 0.838. The number of nitrogens with zero attached hydrogens (tertiary/aromatic N) is 1. The third kappa shape index (κ3) is 3.04. The molecule has 1 N–H and O–H groups in total. The number of hydrogen-bond donors (Lipinski definition) is 1. The lowest BCUT2D eigenvalue weighted by Gasteiger charge is -2.62. The van der Waals surface area contributed by atoms with E-state index >= 15 is 0 Å². The minimum Gasteiger partial charge on any atom is -0.497 e. The van der Waals surface area contributed by atoms with Crippen LogP contribution in [-0.2, 0) is 15.0 Å². The molecule has 4 saturated carbocycles. The van der Waals surface area contributed by atoms with Crippen LogP contribution >= 0.6 is 0 Å². The van der Waals surface area contributed by atoms with Crippen molar-refractivity contribution in [3.8, 4) is 5.75 Å². The average molecular weight is 398 g/mol. The van der Waals surface area contributed by atoms with E-state index in [1.165, 1.54) is 24.8 Å². The number of amides is 1. The van der Waals surface area contributed by atoms with Crippen LogP contribution in [0.3, 0.4) is 0 Å². The second-order valence-electron chi connectivity index (χ2n) is 10.2. The van der Waals surface area contributed by atoms with Gasteiger partial charge in [0.05, 0.1) is 18.4 Å². The first-order chi connectivity index (χ1) is 13.9. The van der Waals surface area contributed by atoms with Gasteiger partial charge in [0, 0.05) is 13.1 Å². The van der Waals surface area contributed by atoms with Crippen molar-refractivity contribution in [3.63, 3.8) is 0 Å². The standard InChI is InChI=1S/C24H31NO4/c1-29-20-6-4-19(5-7-20)23-10-16-9-17(11-23)13-24(12-16,15-23)22(28)25-8-2-3-18(14-25)21(26)27/h4-7,16-18H,2-3,8-15H2,1H3,(H,26,27)/t16?,17?,18-,23?,24?/m0/s1. The highest BCUT2D eigenvalue weighted by Gasteiger charge is 2.61. The molecule has 1 saturated heterocycles. The number of carbonyl (C=O) groups is 2. The highest BCUT2D eigenvalue weighted by atomic mass is 16.5. The number of piperidine rings is 1. The number of carboxylic acids is 1. The highest BCUT2D eigenvalue weighted by molar-refractivity contribution is 5.84. The Morgan fingerprint density at radius 3 is 2.41 bits per heavy atom. The van der Waals surface area contributed by atoms with E-state index in [9.17, 15) is 14.7 Å². The van der Waals surface area contributed by atoms with Crippen molar-refractivity contribution in [1.82, 2.24) is 4.90 Å². The molecule has 29 heavy (non-hydrogen) atoms. The number of rotatable bonds is 4. The minimum atomic E-state index is -0.761. The molecule has 0 aromatic heterocycles. The lowest BCUT2D eigenvalue weighted by molar-refractivity contribution is -0.163. The number of carbonyl (C=O) groups excluding carboxylic acids is 1. The first-order valence-corrected chi connectivity index (χ1v) is 11.1. The zero-order valence-corrected chi connectivity index (χ0v) is 17.2. The maximum Gasteiger partial charge on any atom is 0.308 e. The third-order valence-electron chi connectivity index (χ3n) is 8.28. The zero-order valence-electron chi connectivity index (χ0n) is 17.2. The van der Waals surface area contributed by atoms with E-state index in [0.29, 0.717) is 24.8 Å². The molecule has 4 aliphatic carbocycles. The van der Waals surface area contributed by atoms with Crippen LogP contribution in [0.25, 0.3) is 0 Å². The summed E-state index contributed by atoms with van der Waals surface area (Å²) in [5, 5.41) is 9.46. The summed E-state index contributed by atoms with van der Waals surface area (Å²) in [4.78, 5) is 27.2. The number of ether oxygens (including phenoxy) is 1. The van der Waals surface area contributed by atoms with Crippen LogP contribution in [0, 0.1) is 23.2 Å². The maximum absolute atomic E-state index is 13.8. The van der Waals surface area contributed by atoms with Crippen molar-refractivity contribution < 1.29 is 19.4 Å². The Morgan fingerprint density at radius 2 is 1.79 bits per heavy atom. The highest BCUT2D eigenvalue weighted by Crippen LogP contribution is 2.66. The molecule has 1 heterocycles. The minimum absolute atomic E-state index is 0.0913. The van der Waals surface area contributed by atoms with Gasteiger partial charge in [0.25, 0.3) is 0 Å². The number of methoxy groups -OCH3 is 1. The van der Waals surface area contributed by atoms with Crippen LogP contribution in [0.2, 0.25) is 0 Å². The van der Waals surface area contributed by atoms with E-state index in [0.717, 1.165) is 38.0 Å². The Labute approximate surface area is 172 Å². The molecular formula is C24H31NO4. The van der Waals surface area contributed by atoms with Crippen molar-refractivity contribution in [1.29, 1.82) is 0 Å². The van der Waals surface area contributed by atoms with Gasteiger partial charge in [-0.2, -0.15) is 0 Å². The molecule has 4 bridgehead atoms. The largest absolute Gasteiger partial charge is 0.497 e. The molecule has 1 aromatic rings. The lowest BCUT2D eigenvalue weighted by Crippen LogP contribution is -2.60. The van der Waals surface area contributed by atoms with Crippen LogP contribution in [0.5, 0.6) is 5.75 Å². The summed E-state index contributed by atoms with van der Waals surface area (Å²) in [7, 11) is 1.69. The van der Waals surface area contributed by atoms with Crippen molar-refractivity contribution in [2.75, 3.05) is 20.2 Å². The smallest absolute Gasteiger partial charge is 0.308 e. The maximum atomic E-state index is 13.8. The van der Waals surface area contributed by atoms with Gasteiger partial charge in [-0.15, -0.1) is 0 Å². The van der Waals surface area contributed by atoms with E-state index in [1.54, 1.807) is 7.11 Å². The number of likely N-dealkylation sites (tertiary alicyclic amines) is 1. The number of aliphatic carboxylic acids is 1. The molecule has 0 spiro atoms. The van der Waals surface area contributed by atoms with Crippen molar-refractivity contribution >= 4 is 11.9 Å². The van der Waals surface area contributed by atoms with Gasteiger partial charge in [-0.25, -0.2) is 0 Å². The Balaban J connectivity index is 1.44. The fourth-order valence-corrected chi connectivity index (χ4v) is 7.49. The summed E-state index contributed by atoms with van der Waals surface area (Å²) in [6, 6.07) is 8.49. The normalized spacial score (nSPS) is 38.1. The molecule has 6 rings (SSSR count). The van der Waals surface area contributed by atoms with Crippen LogP contribution in [0.1, 0.15) is 56.9 Å². The summed E-state index contributed by atoms with van der Waals surface area (Å²) in [5.41, 5.74) is 1.16. The van der Waals surface area contributed by atoms with E-state index in [-0.39, 0.29) is 16.7 Å². The zero-order chi connectivity index (χ0) is 20.2. The summed E-state index contributed by atoms with van der Waals surface area (Å²) < 4.78 is 5.35. The molecule has 1 aliphatic heterocycles. The summed E-state index contributed by atoms with van der Waals surface area (Å²) in [5.74, 6) is 1.18. The van der Waals surface area contributed by atoms with Gasteiger partial charge in [-0.1, -0.05) is 12.1 Å². The van der Waals surface area contributed by atoms with Gasteiger partial charge in [0.15, 0.2) is 0 Å². The summed E-state index contributed by atoms with van der Waals surface area (Å²) >= 11 is 0. The summed E-state index contributed by atoms with van der Waals surface area (Å²) in [6.07, 6.45) is 8.02. The Bertz CT molecular complexity index is 803. The Hall–Kier alpha value is -2.04. The van der Waals surface area contributed by atoms with Crippen LogP contribution < -0.4 is 4.74 Å². The average Bonchev–Trinajstić information content (AvgIpc) is 2.72. The second-order valence-corrected chi connectivity index (χ2v) is 10.2. The van der Waals surface area contributed by atoms with Gasteiger partial charge in [0.2, 0.25) is 5.91 Å². The first-order valence-electron chi connectivity index (χ1n) is 11.1. The molecular weight excluding hydrogens is 366 g/mol. The molecule has 5 heteroatoms. The Kier molecular flexibility index (Phi) is 4.41. The fraction of sp³-hybridized carbons (Fsp3) is 0.667. The molecule has 0 radical (unpaired) electrons.